The zero-order chi connectivity index (χ0) is 20.9. The molecule has 2 aromatic heterocycles. The number of methoxy groups -OCH3 is 1. The maximum Gasteiger partial charge on any atom is 0.250 e. The molecular formula is C18H20ClN5O3S2. The van der Waals surface area contributed by atoms with Crippen molar-refractivity contribution in [2.24, 2.45) is 0 Å². The molecule has 0 aliphatic heterocycles. The Kier molecular flexibility index (Phi) is 6.91. The predicted molar refractivity (Wildman–Crippen MR) is 116 cm³/mol. The third-order valence-electron chi connectivity index (χ3n) is 3.73. The standard InChI is InChI=1S/C18H20ClN5O3S2/c1-12-11-16(23-13-3-5-14(27-2)6-4-13)24-18(22-12)20-9-10-21-29(25,26)17-8-7-15(19)28-17/h3-8,11,21H,9-10H2,1-2H3,(H2,20,22,23,24). The summed E-state index contributed by atoms with van der Waals surface area (Å²) in [5, 5.41) is 6.23. The van der Waals surface area contributed by atoms with Crippen molar-refractivity contribution >= 4 is 50.4 Å². The van der Waals surface area contributed by atoms with E-state index in [1.54, 1.807) is 13.2 Å². The van der Waals surface area contributed by atoms with Crippen LogP contribution >= 0.6 is 22.9 Å². The van der Waals surface area contributed by atoms with Gasteiger partial charge in [0.2, 0.25) is 16.0 Å². The van der Waals surface area contributed by atoms with Gasteiger partial charge in [0.15, 0.2) is 0 Å². The summed E-state index contributed by atoms with van der Waals surface area (Å²) in [5.74, 6) is 1.79. The second-order valence-electron chi connectivity index (χ2n) is 5.95. The van der Waals surface area contributed by atoms with Gasteiger partial charge in [-0.25, -0.2) is 18.1 Å². The van der Waals surface area contributed by atoms with Crippen LogP contribution in [-0.2, 0) is 10.0 Å². The summed E-state index contributed by atoms with van der Waals surface area (Å²) < 4.78 is 32.6. The van der Waals surface area contributed by atoms with E-state index in [1.165, 1.54) is 6.07 Å². The van der Waals surface area contributed by atoms with Crippen LogP contribution in [0.5, 0.6) is 5.75 Å². The van der Waals surface area contributed by atoms with Gasteiger partial charge in [-0.05, 0) is 43.3 Å². The molecule has 11 heteroatoms. The number of anilines is 3. The summed E-state index contributed by atoms with van der Waals surface area (Å²) >= 11 is 6.81. The lowest BCUT2D eigenvalue weighted by atomic mass is 10.3. The number of hydrogen-bond acceptors (Lipinski definition) is 8. The van der Waals surface area contributed by atoms with Gasteiger partial charge in [-0.15, -0.1) is 11.3 Å². The molecule has 3 N–H and O–H groups in total. The molecule has 0 saturated heterocycles. The Bertz CT molecular complexity index is 1070. The van der Waals surface area contributed by atoms with Crippen molar-refractivity contribution in [3.05, 3.63) is 52.5 Å². The third kappa shape index (κ3) is 6.04. The maximum absolute atomic E-state index is 12.2. The molecule has 1 aromatic carbocycles. The van der Waals surface area contributed by atoms with Crippen molar-refractivity contribution in [3.8, 4) is 5.75 Å². The average Bonchev–Trinajstić information content (AvgIpc) is 3.13. The van der Waals surface area contributed by atoms with Gasteiger partial charge in [0, 0.05) is 30.5 Å². The minimum Gasteiger partial charge on any atom is -0.497 e. The first kappa shape index (κ1) is 21.3. The molecule has 154 valence electrons. The van der Waals surface area contributed by atoms with Crippen LogP contribution in [0.15, 0.2) is 46.7 Å². The molecular weight excluding hydrogens is 434 g/mol. The Balaban J connectivity index is 1.57. The number of aromatic nitrogens is 2. The van der Waals surface area contributed by atoms with Gasteiger partial charge in [-0.2, -0.15) is 4.98 Å². The van der Waals surface area contributed by atoms with Crippen molar-refractivity contribution in [2.75, 3.05) is 30.8 Å². The highest BCUT2D eigenvalue weighted by Crippen LogP contribution is 2.25. The largest absolute Gasteiger partial charge is 0.497 e. The molecule has 0 atom stereocenters. The fourth-order valence-corrected chi connectivity index (χ4v) is 4.97. The van der Waals surface area contributed by atoms with E-state index in [0.717, 1.165) is 28.5 Å². The Morgan fingerprint density at radius 2 is 1.86 bits per heavy atom. The molecule has 3 aromatic rings. The Morgan fingerprint density at radius 3 is 2.52 bits per heavy atom. The number of hydrogen-bond donors (Lipinski definition) is 3. The van der Waals surface area contributed by atoms with Crippen LogP contribution in [0.2, 0.25) is 4.34 Å². The molecule has 3 rings (SSSR count). The third-order valence-corrected chi connectivity index (χ3v) is 6.91. The lowest BCUT2D eigenvalue weighted by Crippen LogP contribution is -2.28. The lowest BCUT2D eigenvalue weighted by molar-refractivity contribution is 0.415. The molecule has 0 fully saturated rings. The number of thiophene rings is 1. The fourth-order valence-electron chi connectivity index (χ4n) is 2.41. The summed E-state index contributed by atoms with van der Waals surface area (Å²) in [4.78, 5) is 8.73. The maximum atomic E-state index is 12.2. The minimum atomic E-state index is -3.58. The van der Waals surface area contributed by atoms with E-state index in [1.807, 2.05) is 37.3 Å². The summed E-state index contributed by atoms with van der Waals surface area (Å²) in [6.07, 6.45) is 0. The monoisotopic (exact) mass is 453 g/mol. The van der Waals surface area contributed by atoms with Crippen LogP contribution in [0, 0.1) is 6.92 Å². The summed E-state index contributed by atoms with van der Waals surface area (Å²) in [5.41, 5.74) is 1.63. The molecule has 0 bridgehead atoms. The molecule has 0 unspecified atom stereocenters. The second kappa shape index (κ2) is 9.40. The van der Waals surface area contributed by atoms with E-state index in [4.69, 9.17) is 16.3 Å². The van der Waals surface area contributed by atoms with E-state index in [-0.39, 0.29) is 10.8 Å². The van der Waals surface area contributed by atoms with Gasteiger partial charge in [0.25, 0.3) is 0 Å². The van der Waals surface area contributed by atoms with Crippen LogP contribution in [0.1, 0.15) is 5.69 Å². The van der Waals surface area contributed by atoms with E-state index < -0.39 is 10.0 Å². The number of nitrogens with zero attached hydrogens (tertiary/aromatic N) is 2. The number of ether oxygens (including phenoxy) is 1. The first-order valence-corrected chi connectivity index (χ1v) is 11.3. The molecule has 8 nitrogen and oxygen atoms in total. The van der Waals surface area contributed by atoms with Gasteiger partial charge in [0.05, 0.1) is 11.4 Å². The number of sulfonamides is 1. The van der Waals surface area contributed by atoms with Crippen molar-refractivity contribution in [1.29, 1.82) is 0 Å². The second-order valence-corrected chi connectivity index (χ2v) is 9.66. The molecule has 0 amide bonds. The molecule has 2 heterocycles. The Labute approximate surface area is 178 Å². The highest BCUT2D eigenvalue weighted by atomic mass is 35.5. The summed E-state index contributed by atoms with van der Waals surface area (Å²) in [6.45, 7) is 2.36. The minimum absolute atomic E-state index is 0.177. The van der Waals surface area contributed by atoms with E-state index in [9.17, 15) is 8.42 Å². The van der Waals surface area contributed by atoms with Crippen LogP contribution in [0.4, 0.5) is 17.5 Å². The zero-order valence-electron chi connectivity index (χ0n) is 15.8. The van der Waals surface area contributed by atoms with Gasteiger partial charge in [-0.3, -0.25) is 0 Å². The highest BCUT2D eigenvalue weighted by molar-refractivity contribution is 7.91. The smallest absolute Gasteiger partial charge is 0.250 e. The van der Waals surface area contributed by atoms with Crippen molar-refractivity contribution < 1.29 is 13.2 Å². The lowest BCUT2D eigenvalue weighted by Gasteiger charge is -2.11. The number of rotatable bonds is 9. The van der Waals surface area contributed by atoms with Gasteiger partial charge >= 0.3 is 0 Å². The molecule has 0 saturated carbocycles. The van der Waals surface area contributed by atoms with Crippen molar-refractivity contribution in [2.45, 2.75) is 11.1 Å². The first-order valence-electron chi connectivity index (χ1n) is 8.61. The van der Waals surface area contributed by atoms with Crippen molar-refractivity contribution in [1.82, 2.24) is 14.7 Å². The number of halogens is 1. The van der Waals surface area contributed by atoms with Gasteiger partial charge < -0.3 is 15.4 Å². The topological polar surface area (TPSA) is 105 Å². The molecule has 0 radical (unpaired) electrons. The van der Waals surface area contributed by atoms with E-state index in [2.05, 4.69) is 25.3 Å². The van der Waals surface area contributed by atoms with Crippen LogP contribution < -0.4 is 20.1 Å². The fraction of sp³-hybridized carbons (Fsp3) is 0.222. The molecule has 0 spiro atoms. The van der Waals surface area contributed by atoms with Crippen LogP contribution in [0.3, 0.4) is 0 Å². The van der Waals surface area contributed by atoms with Crippen LogP contribution in [-0.4, -0.2) is 38.6 Å². The van der Waals surface area contributed by atoms with E-state index >= 15 is 0 Å². The SMILES string of the molecule is COc1ccc(Nc2cc(C)nc(NCCNS(=O)(=O)c3ccc(Cl)s3)n2)cc1. The first-order chi connectivity index (χ1) is 13.9. The quantitative estimate of drug-likeness (QED) is 0.425. The number of benzene rings is 1. The van der Waals surface area contributed by atoms with Crippen LogP contribution in [0.25, 0.3) is 0 Å². The summed E-state index contributed by atoms with van der Waals surface area (Å²) in [6, 6.07) is 12.3. The number of aryl methyl sites for hydroxylation is 1. The Hall–Kier alpha value is -2.40. The number of nitrogens with one attached hydrogen (secondary N) is 3. The average molecular weight is 454 g/mol. The predicted octanol–water partition coefficient (Wildman–Crippen LogP) is 3.64. The van der Waals surface area contributed by atoms with E-state index in [0.29, 0.717) is 22.6 Å². The van der Waals surface area contributed by atoms with Gasteiger partial charge in [0.1, 0.15) is 15.8 Å². The summed E-state index contributed by atoms with van der Waals surface area (Å²) in [7, 11) is -1.96. The highest BCUT2D eigenvalue weighted by Gasteiger charge is 2.15. The van der Waals surface area contributed by atoms with Crippen molar-refractivity contribution in [3.63, 3.8) is 0 Å². The normalized spacial score (nSPS) is 11.3. The molecule has 29 heavy (non-hydrogen) atoms. The Morgan fingerprint density at radius 1 is 1.10 bits per heavy atom. The van der Waals surface area contributed by atoms with Gasteiger partial charge in [-0.1, -0.05) is 11.6 Å². The molecule has 0 aliphatic carbocycles. The zero-order valence-corrected chi connectivity index (χ0v) is 18.2. The molecule has 0 aliphatic rings.